The van der Waals surface area contributed by atoms with Crippen LogP contribution in [0.5, 0.6) is 0 Å². The Kier molecular flexibility index (Phi) is 5.19. The smallest absolute Gasteiger partial charge is 0.0275 e. The van der Waals surface area contributed by atoms with Gasteiger partial charge in [-0.05, 0) is 23.2 Å². The van der Waals surface area contributed by atoms with Gasteiger partial charge >= 0.3 is 0 Å². The van der Waals surface area contributed by atoms with Gasteiger partial charge in [-0.2, -0.15) is 0 Å². The molecule has 0 rings (SSSR count). The second kappa shape index (κ2) is 5.19. The van der Waals surface area contributed by atoms with Crippen molar-refractivity contribution in [1.82, 2.24) is 0 Å². The quantitative estimate of drug-likeness (QED) is 0.545. The molecule has 0 radical (unpaired) electrons. The summed E-state index contributed by atoms with van der Waals surface area (Å²) in [6, 6.07) is 0. The molecule has 14 heavy (non-hydrogen) atoms. The van der Waals surface area contributed by atoms with Gasteiger partial charge in [0.25, 0.3) is 0 Å². The summed E-state index contributed by atoms with van der Waals surface area (Å²) in [4.78, 5) is 0. The molecule has 0 aliphatic carbocycles. The first-order valence-electron chi connectivity index (χ1n) is 6.31. The van der Waals surface area contributed by atoms with E-state index < -0.39 is 0 Å². The first kappa shape index (κ1) is 14.0. The van der Waals surface area contributed by atoms with Crippen molar-refractivity contribution in [2.45, 2.75) is 74.1 Å². The minimum absolute atomic E-state index is 0.455. The summed E-state index contributed by atoms with van der Waals surface area (Å²) in [5.41, 5.74) is 0.966. The van der Waals surface area contributed by atoms with Gasteiger partial charge in [-0.15, -0.1) is 0 Å². The fourth-order valence-electron chi connectivity index (χ4n) is 2.22. The Bertz CT molecular complexity index is 155. The molecule has 0 aliphatic rings. The maximum atomic E-state index is 2.47. The standard InChI is InChI=1S/C14H30/c1-8-10-11-14(7,9-2)13(5,6)12(3)4/h12H,8-11H2,1-7H3. The molecule has 0 spiro atoms. The summed E-state index contributed by atoms with van der Waals surface area (Å²) in [6.07, 6.45) is 5.38. The first-order valence-corrected chi connectivity index (χ1v) is 6.31. The maximum Gasteiger partial charge on any atom is -0.0275 e. The van der Waals surface area contributed by atoms with E-state index in [0.717, 1.165) is 5.92 Å². The Hall–Kier alpha value is 0. The molecule has 1 atom stereocenters. The predicted molar refractivity (Wildman–Crippen MR) is 66.5 cm³/mol. The summed E-state index contributed by atoms with van der Waals surface area (Å²) < 4.78 is 0. The van der Waals surface area contributed by atoms with Gasteiger partial charge in [-0.3, -0.25) is 0 Å². The molecule has 0 saturated carbocycles. The van der Waals surface area contributed by atoms with E-state index in [1.165, 1.54) is 25.7 Å². The second-order valence-electron chi connectivity index (χ2n) is 5.89. The van der Waals surface area contributed by atoms with E-state index >= 15 is 0 Å². The number of hydrogen-bond donors (Lipinski definition) is 0. The van der Waals surface area contributed by atoms with Crippen molar-refractivity contribution in [3.05, 3.63) is 0 Å². The van der Waals surface area contributed by atoms with Gasteiger partial charge in [-0.25, -0.2) is 0 Å². The zero-order valence-corrected chi connectivity index (χ0v) is 11.4. The lowest BCUT2D eigenvalue weighted by Gasteiger charge is -2.47. The molecule has 0 N–H and O–H groups in total. The van der Waals surface area contributed by atoms with E-state index in [1.807, 2.05) is 0 Å². The van der Waals surface area contributed by atoms with Crippen molar-refractivity contribution in [2.24, 2.45) is 16.7 Å². The lowest BCUT2D eigenvalue weighted by Crippen LogP contribution is -2.38. The summed E-state index contributed by atoms with van der Waals surface area (Å²) >= 11 is 0. The topological polar surface area (TPSA) is 0 Å². The van der Waals surface area contributed by atoms with Crippen LogP contribution in [0.4, 0.5) is 0 Å². The van der Waals surface area contributed by atoms with Crippen LogP contribution in [0.2, 0.25) is 0 Å². The second-order valence-corrected chi connectivity index (χ2v) is 5.89. The van der Waals surface area contributed by atoms with Crippen LogP contribution in [0.25, 0.3) is 0 Å². The molecule has 0 nitrogen and oxygen atoms in total. The highest BCUT2D eigenvalue weighted by molar-refractivity contribution is 4.90. The molecule has 0 bridgehead atoms. The lowest BCUT2D eigenvalue weighted by atomic mass is 9.58. The molecule has 0 heteroatoms. The van der Waals surface area contributed by atoms with Crippen LogP contribution in [0, 0.1) is 16.7 Å². The molecule has 0 aliphatic heterocycles. The number of unbranched alkanes of at least 4 members (excludes halogenated alkanes) is 1. The van der Waals surface area contributed by atoms with E-state index in [1.54, 1.807) is 0 Å². The molecule has 0 aromatic carbocycles. The first-order chi connectivity index (χ1) is 6.31. The summed E-state index contributed by atoms with van der Waals surface area (Å²) in [5, 5.41) is 0. The Labute approximate surface area is 91.5 Å². The van der Waals surface area contributed by atoms with E-state index in [4.69, 9.17) is 0 Å². The van der Waals surface area contributed by atoms with Crippen molar-refractivity contribution in [2.75, 3.05) is 0 Å². The van der Waals surface area contributed by atoms with Crippen molar-refractivity contribution >= 4 is 0 Å². The van der Waals surface area contributed by atoms with Gasteiger partial charge in [0.05, 0.1) is 0 Å². The average Bonchev–Trinajstić information content (AvgIpc) is 2.13. The van der Waals surface area contributed by atoms with Gasteiger partial charge in [0, 0.05) is 0 Å². The molecule has 0 fully saturated rings. The van der Waals surface area contributed by atoms with Gasteiger partial charge in [0.2, 0.25) is 0 Å². The monoisotopic (exact) mass is 198 g/mol. The normalized spacial score (nSPS) is 17.1. The fraction of sp³-hybridized carbons (Fsp3) is 1.00. The number of rotatable bonds is 6. The SMILES string of the molecule is CCCCC(C)(CC)C(C)(C)C(C)C. The molecule has 0 heterocycles. The van der Waals surface area contributed by atoms with E-state index in [2.05, 4.69) is 48.5 Å². The minimum Gasteiger partial charge on any atom is -0.0654 e. The Balaban J connectivity index is 4.65. The number of hydrogen-bond acceptors (Lipinski definition) is 0. The van der Waals surface area contributed by atoms with Crippen LogP contribution in [0.15, 0.2) is 0 Å². The maximum absolute atomic E-state index is 2.47. The van der Waals surface area contributed by atoms with Crippen LogP contribution in [-0.4, -0.2) is 0 Å². The zero-order chi connectivity index (χ0) is 11.4. The van der Waals surface area contributed by atoms with Gasteiger partial charge in [-0.1, -0.05) is 67.7 Å². The Morgan fingerprint density at radius 1 is 1.00 bits per heavy atom. The van der Waals surface area contributed by atoms with Gasteiger partial charge < -0.3 is 0 Å². The lowest BCUT2D eigenvalue weighted by molar-refractivity contribution is 0.0243. The van der Waals surface area contributed by atoms with Crippen LogP contribution >= 0.6 is 0 Å². The Morgan fingerprint density at radius 3 is 1.79 bits per heavy atom. The predicted octanol–water partition coefficient (Wildman–Crippen LogP) is 5.28. The van der Waals surface area contributed by atoms with Crippen molar-refractivity contribution in [1.29, 1.82) is 0 Å². The van der Waals surface area contributed by atoms with Crippen LogP contribution < -0.4 is 0 Å². The van der Waals surface area contributed by atoms with E-state index in [0.29, 0.717) is 10.8 Å². The minimum atomic E-state index is 0.455. The third kappa shape index (κ3) is 2.74. The molecule has 0 aromatic rings. The molecule has 86 valence electrons. The van der Waals surface area contributed by atoms with Crippen molar-refractivity contribution in [3.63, 3.8) is 0 Å². The summed E-state index contributed by atoms with van der Waals surface area (Å²) in [5.74, 6) is 0.768. The van der Waals surface area contributed by atoms with Crippen LogP contribution in [0.3, 0.4) is 0 Å². The largest absolute Gasteiger partial charge is 0.0654 e. The van der Waals surface area contributed by atoms with Crippen molar-refractivity contribution < 1.29 is 0 Å². The molecule has 0 amide bonds. The van der Waals surface area contributed by atoms with E-state index in [-0.39, 0.29) is 0 Å². The zero-order valence-electron chi connectivity index (χ0n) is 11.4. The highest BCUT2D eigenvalue weighted by Gasteiger charge is 2.40. The molecule has 0 aromatic heterocycles. The summed E-state index contributed by atoms with van der Waals surface area (Å²) in [6.45, 7) is 16.7. The van der Waals surface area contributed by atoms with Crippen LogP contribution in [-0.2, 0) is 0 Å². The molecular weight excluding hydrogens is 168 g/mol. The van der Waals surface area contributed by atoms with E-state index in [9.17, 15) is 0 Å². The third-order valence-electron chi connectivity index (χ3n) is 4.86. The average molecular weight is 198 g/mol. The molecule has 1 unspecified atom stereocenters. The highest BCUT2D eigenvalue weighted by atomic mass is 14.5. The van der Waals surface area contributed by atoms with Gasteiger partial charge in [0.15, 0.2) is 0 Å². The third-order valence-corrected chi connectivity index (χ3v) is 4.86. The van der Waals surface area contributed by atoms with Crippen molar-refractivity contribution in [3.8, 4) is 0 Å². The van der Waals surface area contributed by atoms with Crippen LogP contribution in [0.1, 0.15) is 74.1 Å². The fourth-order valence-corrected chi connectivity index (χ4v) is 2.22. The Morgan fingerprint density at radius 2 is 1.50 bits per heavy atom. The molecule has 0 saturated heterocycles. The highest BCUT2D eigenvalue weighted by Crippen LogP contribution is 2.49. The summed E-state index contributed by atoms with van der Waals surface area (Å²) in [7, 11) is 0. The molecular formula is C14H30. The van der Waals surface area contributed by atoms with Gasteiger partial charge in [0.1, 0.15) is 0 Å².